The Kier molecular flexibility index (Phi) is 29.5. The van der Waals surface area contributed by atoms with E-state index in [2.05, 4.69) is 54.8 Å². The molecule has 1 heterocycles. The number of carbonyl (C=O) groups excluding carboxylic acids is 2. The molecule has 3 atom stereocenters. The highest BCUT2D eigenvalue weighted by molar-refractivity contribution is 7.46. The molecule has 1 aliphatic rings. The zero-order chi connectivity index (χ0) is 36.5. The van der Waals surface area contributed by atoms with Gasteiger partial charge < -0.3 is 24.0 Å². The monoisotopic (exact) mass is 726 g/mol. The molecule has 2 N–H and O–H groups in total. The standard InChI is InChI=1S/C40H71O9P/c1-3-5-7-9-11-12-13-14-15-16-17-18-19-20-24-28-32-39(41)46-34-36(35-47-50(43,44)45)48-40(42)33-29-25-21-23-27-31-38-37(49-38)30-26-22-10-8-6-4-2/h11-12,14-15,22,26,36-38H,3-10,13,16-21,23-25,27-35H2,1-2H3,(H2,43,44,45)/b12-11-,15-14-,26-22-/t36-,37?,38?/m1/s1. The molecular weight excluding hydrogens is 655 g/mol. The smallest absolute Gasteiger partial charge is 0.462 e. The third kappa shape index (κ3) is 31.0. The number of unbranched alkanes of at least 4 members (excludes halogenated alkanes) is 16. The van der Waals surface area contributed by atoms with E-state index < -0.39 is 32.5 Å². The highest BCUT2D eigenvalue weighted by Crippen LogP contribution is 2.36. The van der Waals surface area contributed by atoms with E-state index >= 15 is 0 Å². The van der Waals surface area contributed by atoms with Gasteiger partial charge in [0.1, 0.15) is 6.61 Å². The Morgan fingerprint density at radius 3 is 1.76 bits per heavy atom. The van der Waals surface area contributed by atoms with Crippen molar-refractivity contribution < 1.29 is 42.7 Å². The van der Waals surface area contributed by atoms with Gasteiger partial charge >= 0.3 is 19.8 Å². The number of phosphoric acid groups is 1. The molecule has 0 aromatic rings. The fourth-order valence-electron chi connectivity index (χ4n) is 5.70. The maximum absolute atomic E-state index is 12.4. The van der Waals surface area contributed by atoms with Crippen molar-refractivity contribution in [2.75, 3.05) is 13.2 Å². The number of carbonyl (C=O) groups is 2. The summed E-state index contributed by atoms with van der Waals surface area (Å²) in [7, 11) is -4.76. The molecule has 9 nitrogen and oxygen atoms in total. The van der Waals surface area contributed by atoms with E-state index in [1.54, 1.807) is 0 Å². The summed E-state index contributed by atoms with van der Waals surface area (Å²) >= 11 is 0. The van der Waals surface area contributed by atoms with Crippen LogP contribution in [0.25, 0.3) is 0 Å². The molecule has 1 saturated heterocycles. The van der Waals surface area contributed by atoms with E-state index in [1.165, 1.54) is 57.8 Å². The molecule has 0 amide bonds. The SMILES string of the molecule is CCCCC/C=C\C/C=C\CCCCCCCCC(=O)OC[C@H](COP(=O)(O)O)OC(=O)CCCCCCCC1OC1C/C=C\CCCCC. The quantitative estimate of drug-likeness (QED) is 0.0215. The van der Waals surface area contributed by atoms with Crippen molar-refractivity contribution in [1.82, 2.24) is 0 Å². The zero-order valence-electron chi connectivity index (χ0n) is 31.5. The van der Waals surface area contributed by atoms with Gasteiger partial charge in [0, 0.05) is 12.8 Å². The van der Waals surface area contributed by atoms with Gasteiger partial charge in [-0.1, -0.05) is 127 Å². The van der Waals surface area contributed by atoms with Gasteiger partial charge in [-0.2, -0.15) is 0 Å². The molecule has 0 aromatic carbocycles. The minimum absolute atomic E-state index is 0.186. The van der Waals surface area contributed by atoms with Gasteiger partial charge in [-0.3, -0.25) is 14.1 Å². The van der Waals surface area contributed by atoms with Crippen LogP contribution >= 0.6 is 7.82 Å². The van der Waals surface area contributed by atoms with Crippen LogP contribution in [0.5, 0.6) is 0 Å². The molecule has 0 aliphatic carbocycles. The first-order chi connectivity index (χ1) is 24.2. The molecule has 0 aromatic heterocycles. The first-order valence-electron chi connectivity index (χ1n) is 19.9. The van der Waals surface area contributed by atoms with Crippen LogP contribution in [0.2, 0.25) is 0 Å². The largest absolute Gasteiger partial charge is 0.469 e. The predicted molar refractivity (Wildman–Crippen MR) is 202 cm³/mol. The van der Waals surface area contributed by atoms with Crippen molar-refractivity contribution in [2.45, 2.75) is 193 Å². The van der Waals surface area contributed by atoms with Crippen molar-refractivity contribution >= 4 is 19.8 Å². The Bertz CT molecular complexity index is 974. The van der Waals surface area contributed by atoms with E-state index in [9.17, 15) is 14.2 Å². The van der Waals surface area contributed by atoms with Crippen LogP contribution in [0, 0.1) is 0 Å². The minimum Gasteiger partial charge on any atom is -0.462 e. The van der Waals surface area contributed by atoms with Crippen molar-refractivity contribution in [2.24, 2.45) is 0 Å². The van der Waals surface area contributed by atoms with E-state index in [0.717, 1.165) is 77.0 Å². The van der Waals surface area contributed by atoms with Crippen molar-refractivity contribution in [3.63, 3.8) is 0 Å². The predicted octanol–water partition coefficient (Wildman–Crippen LogP) is 10.8. The minimum atomic E-state index is -4.76. The summed E-state index contributed by atoms with van der Waals surface area (Å²) in [5.41, 5.74) is 0. The fraction of sp³-hybridized carbons (Fsp3) is 0.800. The highest BCUT2D eigenvalue weighted by Gasteiger charge is 2.36. The van der Waals surface area contributed by atoms with E-state index in [1.807, 2.05) is 0 Å². The molecule has 0 radical (unpaired) electrons. The van der Waals surface area contributed by atoms with Gasteiger partial charge in [0.2, 0.25) is 0 Å². The number of esters is 2. The number of ether oxygens (including phenoxy) is 3. The summed E-state index contributed by atoms with van der Waals surface area (Å²) in [6, 6.07) is 0. The Labute approximate surface area is 304 Å². The summed E-state index contributed by atoms with van der Waals surface area (Å²) < 4.78 is 32.1. The molecule has 0 spiro atoms. The lowest BCUT2D eigenvalue weighted by atomic mass is 10.1. The van der Waals surface area contributed by atoms with Gasteiger partial charge in [-0.05, 0) is 70.6 Å². The second-order valence-corrected chi connectivity index (χ2v) is 14.9. The average Bonchev–Trinajstić information content (AvgIpc) is 3.84. The molecule has 1 rings (SSSR count). The van der Waals surface area contributed by atoms with Gasteiger partial charge in [0.15, 0.2) is 6.10 Å². The molecular formula is C40H71O9P. The average molecular weight is 727 g/mol. The topological polar surface area (TPSA) is 132 Å². The van der Waals surface area contributed by atoms with Crippen LogP contribution in [0.4, 0.5) is 0 Å². The molecule has 1 aliphatic heterocycles. The van der Waals surface area contributed by atoms with E-state index in [0.29, 0.717) is 25.0 Å². The summed E-state index contributed by atoms with van der Waals surface area (Å²) in [5, 5.41) is 0. The molecule has 2 unspecified atom stereocenters. The van der Waals surface area contributed by atoms with Crippen LogP contribution in [-0.2, 0) is 32.9 Å². The number of hydrogen-bond acceptors (Lipinski definition) is 7. The lowest BCUT2D eigenvalue weighted by Crippen LogP contribution is -2.29. The lowest BCUT2D eigenvalue weighted by molar-refractivity contribution is -0.161. The van der Waals surface area contributed by atoms with Crippen LogP contribution < -0.4 is 0 Å². The Balaban J connectivity index is 2.09. The number of allylic oxidation sites excluding steroid dienone is 5. The van der Waals surface area contributed by atoms with E-state index in [4.69, 9.17) is 24.0 Å². The van der Waals surface area contributed by atoms with Gasteiger partial charge in [0.25, 0.3) is 0 Å². The Morgan fingerprint density at radius 1 is 0.640 bits per heavy atom. The summed E-state index contributed by atoms with van der Waals surface area (Å²) in [6.07, 6.45) is 38.8. The molecule has 0 saturated carbocycles. The van der Waals surface area contributed by atoms with Crippen molar-refractivity contribution in [3.8, 4) is 0 Å². The third-order valence-electron chi connectivity index (χ3n) is 8.81. The zero-order valence-corrected chi connectivity index (χ0v) is 32.4. The van der Waals surface area contributed by atoms with Crippen molar-refractivity contribution in [3.05, 3.63) is 36.5 Å². The number of rotatable bonds is 35. The van der Waals surface area contributed by atoms with Crippen LogP contribution in [0.15, 0.2) is 36.5 Å². The van der Waals surface area contributed by atoms with Crippen LogP contribution in [0.1, 0.15) is 174 Å². The summed E-state index contributed by atoms with van der Waals surface area (Å²) in [6.45, 7) is 3.59. The molecule has 10 heteroatoms. The second kappa shape index (κ2) is 31.9. The van der Waals surface area contributed by atoms with Crippen LogP contribution in [-0.4, -0.2) is 53.3 Å². The molecule has 290 valence electrons. The maximum atomic E-state index is 12.4. The second-order valence-electron chi connectivity index (χ2n) is 13.6. The summed E-state index contributed by atoms with van der Waals surface area (Å²) in [5.74, 6) is -0.920. The molecule has 0 bridgehead atoms. The highest BCUT2D eigenvalue weighted by atomic mass is 31.2. The summed E-state index contributed by atoms with van der Waals surface area (Å²) in [4.78, 5) is 42.8. The fourth-order valence-corrected chi connectivity index (χ4v) is 6.06. The Hall–Kier alpha value is -1.77. The number of hydrogen-bond donors (Lipinski definition) is 2. The van der Waals surface area contributed by atoms with Gasteiger partial charge in [-0.25, -0.2) is 4.57 Å². The first kappa shape index (κ1) is 46.3. The third-order valence-corrected chi connectivity index (χ3v) is 9.29. The number of epoxide rings is 1. The molecule has 1 fully saturated rings. The van der Waals surface area contributed by atoms with E-state index in [-0.39, 0.29) is 19.4 Å². The first-order valence-corrected chi connectivity index (χ1v) is 21.4. The van der Waals surface area contributed by atoms with Crippen molar-refractivity contribution in [1.29, 1.82) is 0 Å². The molecule has 50 heavy (non-hydrogen) atoms. The van der Waals surface area contributed by atoms with Gasteiger partial charge in [0.05, 0.1) is 18.8 Å². The number of phosphoric ester groups is 1. The normalized spacial score (nSPS) is 16.9. The maximum Gasteiger partial charge on any atom is 0.469 e. The lowest BCUT2D eigenvalue weighted by Gasteiger charge is -2.18. The van der Waals surface area contributed by atoms with Crippen LogP contribution in [0.3, 0.4) is 0 Å². The Morgan fingerprint density at radius 2 is 1.16 bits per heavy atom. The van der Waals surface area contributed by atoms with Gasteiger partial charge in [-0.15, -0.1) is 0 Å².